The van der Waals surface area contributed by atoms with Gasteiger partial charge in [0.15, 0.2) is 0 Å². The van der Waals surface area contributed by atoms with Gasteiger partial charge in [0.1, 0.15) is 17.3 Å². The normalized spacial score (nSPS) is 15.7. The molecule has 0 radical (unpaired) electrons. The minimum absolute atomic E-state index is 0.0238. The number of fused-ring (bicyclic) bond motifs is 2. The van der Waals surface area contributed by atoms with Crippen LogP contribution in [0, 0.1) is 0 Å². The van der Waals surface area contributed by atoms with E-state index >= 15 is 0 Å². The molecule has 1 N–H and O–H groups in total. The van der Waals surface area contributed by atoms with Crippen LogP contribution in [0.5, 0.6) is 5.75 Å². The van der Waals surface area contributed by atoms with Crippen LogP contribution in [0.1, 0.15) is 49.3 Å². The fourth-order valence-corrected chi connectivity index (χ4v) is 5.39. The summed E-state index contributed by atoms with van der Waals surface area (Å²) < 4.78 is 3.69. The second-order valence-corrected chi connectivity index (χ2v) is 9.33. The van der Waals surface area contributed by atoms with E-state index < -0.39 is 0 Å². The topological polar surface area (TPSA) is 63.3 Å². The Morgan fingerprint density at radius 2 is 1.65 bits per heavy atom. The van der Waals surface area contributed by atoms with Gasteiger partial charge in [0.25, 0.3) is 5.56 Å². The van der Waals surface area contributed by atoms with Gasteiger partial charge >= 0.3 is 0 Å². The molecule has 6 nitrogen and oxygen atoms in total. The highest BCUT2D eigenvalue weighted by molar-refractivity contribution is 5.73. The van der Waals surface area contributed by atoms with Crippen LogP contribution in [0.25, 0.3) is 11.3 Å². The molecular formula is C28H28N4O2. The van der Waals surface area contributed by atoms with Crippen molar-refractivity contribution in [3.8, 4) is 17.0 Å². The van der Waals surface area contributed by atoms with E-state index in [1.807, 2.05) is 58.1 Å². The molecule has 1 fully saturated rings. The van der Waals surface area contributed by atoms with E-state index in [4.69, 9.17) is 5.10 Å². The molecule has 1 aliphatic carbocycles. The van der Waals surface area contributed by atoms with E-state index in [0.717, 1.165) is 48.3 Å². The lowest BCUT2D eigenvalue weighted by Crippen LogP contribution is -2.36. The van der Waals surface area contributed by atoms with E-state index in [1.165, 1.54) is 6.42 Å². The summed E-state index contributed by atoms with van der Waals surface area (Å²) in [4.78, 5) is 16.0. The molecule has 1 aliphatic heterocycles. The summed E-state index contributed by atoms with van der Waals surface area (Å²) in [5, 5.41) is 15.9. The first-order chi connectivity index (χ1) is 16.7. The lowest BCUT2D eigenvalue weighted by Gasteiger charge is -2.33. The molecule has 0 amide bonds. The predicted octanol–water partition coefficient (Wildman–Crippen LogP) is 5.62. The Balaban J connectivity index is 1.51. The quantitative estimate of drug-likeness (QED) is 0.436. The van der Waals surface area contributed by atoms with Gasteiger partial charge < -0.3 is 14.6 Å². The second kappa shape index (κ2) is 8.52. The third-order valence-electron chi connectivity index (χ3n) is 7.13. The van der Waals surface area contributed by atoms with Crippen molar-refractivity contribution in [1.29, 1.82) is 0 Å². The maximum Gasteiger partial charge on any atom is 0.275 e. The number of hydrogen-bond acceptors (Lipinski definition) is 4. The van der Waals surface area contributed by atoms with Crippen molar-refractivity contribution in [2.75, 3.05) is 4.90 Å². The van der Waals surface area contributed by atoms with Crippen LogP contribution in [-0.2, 0) is 13.1 Å². The van der Waals surface area contributed by atoms with Gasteiger partial charge in [-0.15, -0.1) is 0 Å². The van der Waals surface area contributed by atoms with Gasteiger partial charge in [0, 0.05) is 36.0 Å². The summed E-state index contributed by atoms with van der Waals surface area (Å²) in [6.07, 6.45) is 7.07. The molecule has 4 aromatic rings. The lowest BCUT2D eigenvalue weighted by atomic mass is 9.95. The third-order valence-corrected chi connectivity index (χ3v) is 7.13. The van der Waals surface area contributed by atoms with E-state index in [0.29, 0.717) is 24.3 Å². The molecule has 6 rings (SSSR count). The second-order valence-electron chi connectivity index (χ2n) is 9.33. The Morgan fingerprint density at radius 1 is 0.941 bits per heavy atom. The highest BCUT2D eigenvalue weighted by atomic mass is 16.3. The number of hydrogen-bond donors (Lipinski definition) is 1. The van der Waals surface area contributed by atoms with Crippen molar-refractivity contribution < 1.29 is 5.11 Å². The molecular weight excluding hydrogens is 424 g/mol. The van der Waals surface area contributed by atoms with Crippen molar-refractivity contribution in [1.82, 2.24) is 14.3 Å². The fraction of sp³-hybridized carbons (Fsp3) is 0.286. The number of rotatable bonds is 4. The molecule has 0 bridgehead atoms. The molecule has 2 aromatic heterocycles. The standard InChI is InChI=1S/C28H28N4O2/c33-25-19-30(22-14-8-3-9-15-22)28(34)27-23(25)18-32-26(31(27)17-20-10-4-1-5-11-20)16-24(29-32)21-12-6-2-7-13-21/h1-2,4-7,10-13,16,19,22,33H,3,8-9,14-15,17-18H2. The van der Waals surface area contributed by atoms with Crippen LogP contribution < -0.4 is 10.5 Å². The van der Waals surface area contributed by atoms with Gasteiger partial charge in [-0.3, -0.25) is 4.79 Å². The highest BCUT2D eigenvalue weighted by Crippen LogP contribution is 2.40. The van der Waals surface area contributed by atoms with Crippen molar-refractivity contribution in [2.24, 2.45) is 0 Å². The van der Waals surface area contributed by atoms with E-state index in [-0.39, 0.29) is 17.4 Å². The minimum Gasteiger partial charge on any atom is -0.506 e. The largest absolute Gasteiger partial charge is 0.506 e. The Bertz CT molecular complexity index is 1370. The fourth-order valence-electron chi connectivity index (χ4n) is 5.39. The van der Waals surface area contributed by atoms with Crippen LogP contribution in [0.2, 0.25) is 0 Å². The molecule has 0 spiro atoms. The van der Waals surface area contributed by atoms with Gasteiger partial charge in [-0.1, -0.05) is 79.9 Å². The molecule has 2 aromatic carbocycles. The summed E-state index contributed by atoms with van der Waals surface area (Å²) >= 11 is 0. The molecule has 0 saturated heterocycles. The van der Waals surface area contributed by atoms with Gasteiger partial charge in [-0.05, 0) is 18.4 Å². The van der Waals surface area contributed by atoms with E-state index in [9.17, 15) is 9.90 Å². The zero-order valence-corrected chi connectivity index (χ0v) is 19.1. The van der Waals surface area contributed by atoms with Crippen LogP contribution >= 0.6 is 0 Å². The number of pyridine rings is 1. The van der Waals surface area contributed by atoms with Crippen LogP contribution in [0.4, 0.5) is 11.5 Å². The molecule has 2 aliphatic rings. The molecule has 172 valence electrons. The predicted molar refractivity (Wildman–Crippen MR) is 134 cm³/mol. The first-order valence-electron chi connectivity index (χ1n) is 12.1. The van der Waals surface area contributed by atoms with Crippen LogP contribution in [0.3, 0.4) is 0 Å². The molecule has 34 heavy (non-hydrogen) atoms. The molecule has 0 unspecified atom stereocenters. The molecule has 0 atom stereocenters. The Kier molecular flexibility index (Phi) is 5.21. The number of anilines is 2. The average molecular weight is 453 g/mol. The average Bonchev–Trinajstić information content (AvgIpc) is 3.32. The van der Waals surface area contributed by atoms with Crippen LogP contribution in [-0.4, -0.2) is 19.5 Å². The SMILES string of the molecule is O=c1c2c(c(O)cn1C1CCCCC1)Cn1nc(-c3ccccc3)cc1N2Cc1ccccc1. The highest BCUT2D eigenvalue weighted by Gasteiger charge is 2.32. The Hall–Kier alpha value is -3.80. The Morgan fingerprint density at radius 3 is 2.38 bits per heavy atom. The maximum atomic E-state index is 13.9. The summed E-state index contributed by atoms with van der Waals surface area (Å²) in [6.45, 7) is 0.895. The maximum absolute atomic E-state index is 13.9. The zero-order chi connectivity index (χ0) is 23.1. The van der Waals surface area contributed by atoms with Gasteiger partial charge in [0.2, 0.25) is 0 Å². The van der Waals surface area contributed by atoms with Crippen molar-refractivity contribution in [3.63, 3.8) is 0 Å². The van der Waals surface area contributed by atoms with Crippen molar-refractivity contribution >= 4 is 11.5 Å². The summed E-state index contributed by atoms with van der Waals surface area (Å²) in [5.41, 5.74) is 4.16. The molecule has 6 heteroatoms. The van der Waals surface area contributed by atoms with Crippen molar-refractivity contribution in [3.05, 3.63) is 94.4 Å². The van der Waals surface area contributed by atoms with Gasteiger partial charge in [0.05, 0.1) is 12.2 Å². The first-order valence-corrected chi connectivity index (χ1v) is 12.1. The van der Waals surface area contributed by atoms with E-state index in [1.54, 1.807) is 10.8 Å². The number of nitrogens with zero attached hydrogens (tertiary/aromatic N) is 4. The smallest absolute Gasteiger partial charge is 0.275 e. The monoisotopic (exact) mass is 452 g/mol. The summed E-state index contributed by atoms with van der Waals surface area (Å²) in [7, 11) is 0. The lowest BCUT2D eigenvalue weighted by molar-refractivity contribution is 0.339. The molecule has 3 heterocycles. The first kappa shape index (κ1) is 20.8. The van der Waals surface area contributed by atoms with Gasteiger partial charge in [-0.2, -0.15) is 5.10 Å². The molecule has 1 saturated carbocycles. The number of aromatic hydroxyl groups is 1. The third kappa shape index (κ3) is 3.59. The van der Waals surface area contributed by atoms with E-state index in [2.05, 4.69) is 18.2 Å². The van der Waals surface area contributed by atoms with Gasteiger partial charge in [-0.25, -0.2) is 4.68 Å². The number of aromatic nitrogens is 3. The zero-order valence-electron chi connectivity index (χ0n) is 19.1. The van der Waals surface area contributed by atoms with Crippen molar-refractivity contribution in [2.45, 2.75) is 51.2 Å². The Labute approximate surface area is 198 Å². The minimum atomic E-state index is -0.0238. The summed E-state index contributed by atoms with van der Waals surface area (Å²) in [6, 6.07) is 22.4. The number of benzene rings is 2. The summed E-state index contributed by atoms with van der Waals surface area (Å²) in [5.74, 6) is 1.04. The van der Waals surface area contributed by atoms with Crippen LogP contribution in [0.15, 0.2) is 77.7 Å².